The molecular formula is C16H13N3S. The minimum Gasteiger partial charge on any atom is -0.135 e. The number of thiophene rings is 1. The van der Waals surface area contributed by atoms with Gasteiger partial charge in [0.2, 0.25) is 0 Å². The fourth-order valence-electron chi connectivity index (χ4n) is 2.24. The standard InChI is InChI=1S/C16H13N3S/c17-19-18-10-4-3-5-12-8-9-16-14(11-12)13-6-1-2-7-15(13)20-16/h1-3,5-9,11H,4,10H2. The zero-order chi connectivity index (χ0) is 13.8. The van der Waals surface area contributed by atoms with Crippen LogP contribution < -0.4 is 0 Å². The van der Waals surface area contributed by atoms with Crippen molar-refractivity contribution in [3.63, 3.8) is 0 Å². The van der Waals surface area contributed by atoms with Crippen molar-refractivity contribution in [2.45, 2.75) is 6.42 Å². The Morgan fingerprint density at radius 3 is 2.85 bits per heavy atom. The third kappa shape index (κ3) is 2.52. The van der Waals surface area contributed by atoms with Crippen LogP contribution in [0.25, 0.3) is 36.7 Å². The SMILES string of the molecule is [N-]=[N+]=NCCC=Cc1ccc2sc3ccccc3c2c1. The van der Waals surface area contributed by atoms with Gasteiger partial charge in [-0.15, -0.1) is 11.3 Å². The number of hydrogen-bond acceptors (Lipinski definition) is 2. The van der Waals surface area contributed by atoms with Gasteiger partial charge in [-0.05, 0) is 35.7 Å². The molecule has 20 heavy (non-hydrogen) atoms. The van der Waals surface area contributed by atoms with Crippen molar-refractivity contribution in [3.05, 3.63) is 64.5 Å². The summed E-state index contributed by atoms with van der Waals surface area (Å²) in [5.74, 6) is 0. The fourth-order valence-corrected chi connectivity index (χ4v) is 3.33. The molecule has 0 spiro atoms. The molecule has 0 N–H and O–H groups in total. The van der Waals surface area contributed by atoms with E-state index in [4.69, 9.17) is 5.53 Å². The summed E-state index contributed by atoms with van der Waals surface area (Å²) in [5.41, 5.74) is 9.40. The number of nitrogens with zero attached hydrogens (tertiary/aromatic N) is 3. The summed E-state index contributed by atoms with van der Waals surface area (Å²) in [4.78, 5) is 2.74. The molecule has 0 saturated heterocycles. The van der Waals surface area contributed by atoms with Crippen molar-refractivity contribution in [3.8, 4) is 0 Å². The van der Waals surface area contributed by atoms with E-state index in [1.165, 1.54) is 25.7 Å². The Morgan fingerprint density at radius 2 is 1.95 bits per heavy atom. The van der Waals surface area contributed by atoms with Gasteiger partial charge in [0, 0.05) is 31.6 Å². The number of benzene rings is 2. The maximum atomic E-state index is 8.21. The van der Waals surface area contributed by atoms with Crippen molar-refractivity contribution < 1.29 is 0 Å². The molecule has 0 bridgehead atoms. The molecule has 0 atom stereocenters. The molecule has 3 nitrogen and oxygen atoms in total. The van der Waals surface area contributed by atoms with Gasteiger partial charge in [0.1, 0.15) is 0 Å². The average molecular weight is 279 g/mol. The van der Waals surface area contributed by atoms with Crippen LogP contribution in [0.4, 0.5) is 0 Å². The van der Waals surface area contributed by atoms with Crippen LogP contribution in [0, 0.1) is 0 Å². The van der Waals surface area contributed by atoms with E-state index >= 15 is 0 Å². The highest BCUT2D eigenvalue weighted by Crippen LogP contribution is 2.34. The Labute approximate surface area is 120 Å². The Hall–Kier alpha value is -2.29. The molecule has 3 aromatic rings. The van der Waals surface area contributed by atoms with Gasteiger partial charge in [-0.3, -0.25) is 0 Å². The molecule has 98 valence electrons. The van der Waals surface area contributed by atoms with E-state index in [1.54, 1.807) is 0 Å². The molecule has 0 saturated carbocycles. The maximum Gasteiger partial charge on any atom is 0.0355 e. The molecule has 1 heterocycles. The van der Waals surface area contributed by atoms with Crippen LogP contribution in [0.2, 0.25) is 0 Å². The van der Waals surface area contributed by atoms with E-state index in [0.29, 0.717) is 6.54 Å². The predicted octanol–water partition coefficient (Wildman–Crippen LogP) is 5.77. The lowest BCUT2D eigenvalue weighted by molar-refractivity contribution is 0.996. The fraction of sp³-hybridized carbons (Fsp3) is 0.125. The molecule has 4 heteroatoms. The summed E-state index contributed by atoms with van der Waals surface area (Å²) in [7, 11) is 0. The van der Waals surface area contributed by atoms with Crippen molar-refractivity contribution in [1.82, 2.24) is 0 Å². The average Bonchev–Trinajstić information content (AvgIpc) is 2.85. The number of hydrogen-bond donors (Lipinski definition) is 0. The van der Waals surface area contributed by atoms with Crippen molar-refractivity contribution in [2.24, 2.45) is 5.11 Å². The van der Waals surface area contributed by atoms with Crippen LogP contribution in [-0.2, 0) is 0 Å². The van der Waals surface area contributed by atoms with E-state index in [-0.39, 0.29) is 0 Å². The number of fused-ring (bicyclic) bond motifs is 3. The van der Waals surface area contributed by atoms with E-state index in [0.717, 1.165) is 6.42 Å². The second kappa shape index (κ2) is 5.78. The molecule has 0 amide bonds. The van der Waals surface area contributed by atoms with Gasteiger partial charge in [-0.2, -0.15) is 0 Å². The Balaban J connectivity index is 1.93. The largest absolute Gasteiger partial charge is 0.135 e. The molecule has 0 aliphatic rings. The Morgan fingerprint density at radius 1 is 1.10 bits per heavy atom. The Kier molecular flexibility index (Phi) is 3.68. The van der Waals surface area contributed by atoms with E-state index in [2.05, 4.69) is 58.6 Å². The van der Waals surface area contributed by atoms with Crippen LogP contribution in [0.3, 0.4) is 0 Å². The minimum absolute atomic E-state index is 0.511. The first kappa shape index (κ1) is 12.7. The van der Waals surface area contributed by atoms with E-state index in [9.17, 15) is 0 Å². The van der Waals surface area contributed by atoms with Crippen molar-refractivity contribution in [1.29, 1.82) is 0 Å². The molecule has 0 fully saturated rings. The molecule has 3 rings (SSSR count). The van der Waals surface area contributed by atoms with Gasteiger partial charge in [-0.25, -0.2) is 0 Å². The van der Waals surface area contributed by atoms with Crippen LogP contribution in [0.1, 0.15) is 12.0 Å². The molecule has 1 aromatic heterocycles. The highest BCUT2D eigenvalue weighted by molar-refractivity contribution is 7.25. The highest BCUT2D eigenvalue weighted by atomic mass is 32.1. The first-order chi connectivity index (χ1) is 9.88. The third-order valence-corrected chi connectivity index (χ3v) is 4.32. The summed E-state index contributed by atoms with van der Waals surface area (Å²) in [5, 5.41) is 6.14. The smallest absolute Gasteiger partial charge is 0.0355 e. The Bertz CT molecular complexity index is 826. The summed E-state index contributed by atoms with van der Waals surface area (Å²) in [6.45, 7) is 0.511. The monoisotopic (exact) mass is 279 g/mol. The topological polar surface area (TPSA) is 48.8 Å². The van der Waals surface area contributed by atoms with Gasteiger partial charge in [0.25, 0.3) is 0 Å². The lowest BCUT2D eigenvalue weighted by Gasteiger charge is -1.95. The van der Waals surface area contributed by atoms with Gasteiger partial charge >= 0.3 is 0 Å². The summed E-state index contributed by atoms with van der Waals surface area (Å²) >= 11 is 1.83. The molecule has 2 aromatic carbocycles. The van der Waals surface area contributed by atoms with E-state index < -0.39 is 0 Å². The lowest BCUT2D eigenvalue weighted by atomic mass is 10.1. The zero-order valence-electron chi connectivity index (χ0n) is 10.9. The van der Waals surface area contributed by atoms with Crippen molar-refractivity contribution >= 4 is 37.6 Å². The van der Waals surface area contributed by atoms with Gasteiger partial charge < -0.3 is 0 Å². The molecule has 0 unspecified atom stereocenters. The first-order valence-electron chi connectivity index (χ1n) is 6.47. The van der Waals surface area contributed by atoms with Gasteiger partial charge in [-0.1, -0.05) is 41.5 Å². The summed E-state index contributed by atoms with van der Waals surface area (Å²) in [6, 6.07) is 15.0. The van der Waals surface area contributed by atoms with Crippen LogP contribution >= 0.6 is 11.3 Å². The molecular weight excluding hydrogens is 266 g/mol. The van der Waals surface area contributed by atoms with Crippen LogP contribution in [-0.4, -0.2) is 6.54 Å². The summed E-state index contributed by atoms with van der Waals surface area (Å²) < 4.78 is 2.64. The normalized spacial score (nSPS) is 11.2. The second-order valence-electron chi connectivity index (χ2n) is 4.50. The second-order valence-corrected chi connectivity index (χ2v) is 5.58. The van der Waals surface area contributed by atoms with Gasteiger partial charge in [0.15, 0.2) is 0 Å². The number of azide groups is 1. The van der Waals surface area contributed by atoms with Crippen molar-refractivity contribution in [2.75, 3.05) is 6.54 Å². The van der Waals surface area contributed by atoms with Gasteiger partial charge in [0.05, 0.1) is 0 Å². The highest BCUT2D eigenvalue weighted by Gasteiger charge is 2.03. The lowest BCUT2D eigenvalue weighted by Crippen LogP contribution is -1.75. The minimum atomic E-state index is 0.511. The van der Waals surface area contributed by atoms with Crippen LogP contribution in [0.15, 0.2) is 53.7 Å². The van der Waals surface area contributed by atoms with E-state index in [1.807, 2.05) is 17.4 Å². The van der Waals surface area contributed by atoms with Crippen LogP contribution in [0.5, 0.6) is 0 Å². The predicted molar refractivity (Wildman–Crippen MR) is 87.0 cm³/mol. The summed E-state index contributed by atoms with van der Waals surface area (Å²) in [6.07, 6.45) is 4.90. The molecule has 0 radical (unpaired) electrons. The zero-order valence-corrected chi connectivity index (χ0v) is 11.7. The molecule has 0 aliphatic heterocycles. The maximum absolute atomic E-state index is 8.21. The molecule has 0 aliphatic carbocycles. The quantitative estimate of drug-likeness (QED) is 0.252. The number of rotatable bonds is 4. The first-order valence-corrected chi connectivity index (χ1v) is 7.29. The third-order valence-electron chi connectivity index (χ3n) is 3.17.